The van der Waals surface area contributed by atoms with Gasteiger partial charge in [0.05, 0.1) is 21.3 Å². The summed E-state index contributed by atoms with van der Waals surface area (Å²) < 4.78 is 10.6. The SMILES string of the molecule is CCOC(=O)C1(C(=O)OCC)CCC(C[Si](CC)(CC)CC)C(CC)C1. The van der Waals surface area contributed by atoms with E-state index in [9.17, 15) is 9.59 Å². The number of hydrogen-bond donors (Lipinski definition) is 0. The van der Waals surface area contributed by atoms with Gasteiger partial charge in [0.2, 0.25) is 0 Å². The lowest BCUT2D eigenvalue weighted by Gasteiger charge is -2.44. The van der Waals surface area contributed by atoms with Gasteiger partial charge in [0, 0.05) is 0 Å². The summed E-state index contributed by atoms with van der Waals surface area (Å²) in [5.41, 5.74) is -1.09. The monoisotopic (exact) mass is 384 g/mol. The largest absolute Gasteiger partial charge is 0.465 e. The van der Waals surface area contributed by atoms with Crippen LogP contribution in [0, 0.1) is 17.3 Å². The van der Waals surface area contributed by atoms with Crippen LogP contribution in [0.2, 0.25) is 24.2 Å². The Morgan fingerprint density at radius 2 is 1.38 bits per heavy atom. The fraction of sp³-hybridized carbons (Fsp3) is 0.905. The molecular formula is C21H40O4Si. The fourth-order valence-electron chi connectivity index (χ4n) is 4.86. The number of carbonyl (C=O) groups is 2. The van der Waals surface area contributed by atoms with Crippen LogP contribution in [-0.2, 0) is 19.1 Å². The molecule has 0 N–H and O–H groups in total. The van der Waals surface area contributed by atoms with Gasteiger partial charge < -0.3 is 9.47 Å². The van der Waals surface area contributed by atoms with Crippen LogP contribution in [0.15, 0.2) is 0 Å². The summed E-state index contributed by atoms with van der Waals surface area (Å²) in [6, 6.07) is 5.31. The molecule has 0 bridgehead atoms. The van der Waals surface area contributed by atoms with Gasteiger partial charge in [0.25, 0.3) is 0 Å². The van der Waals surface area contributed by atoms with E-state index < -0.39 is 13.5 Å². The smallest absolute Gasteiger partial charge is 0.323 e. The molecule has 26 heavy (non-hydrogen) atoms. The zero-order valence-electron chi connectivity index (χ0n) is 17.9. The van der Waals surface area contributed by atoms with Gasteiger partial charge in [-0.25, -0.2) is 0 Å². The second-order valence-electron chi connectivity index (χ2n) is 7.96. The maximum atomic E-state index is 12.7. The van der Waals surface area contributed by atoms with Gasteiger partial charge in [-0.05, 0) is 44.9 Å². The normalized spacial score (nSPS) is 22.7. The molecule has 0 aromatic heterocycles. The van der Waals surface area contributed by atoms with Crippen molar-refractivity contribution in [1.82, 2.24) is 0 Å². The van der Waals surface area contributed by atoms with E-state index in [1.54, 1.807) is 13.8 Å². The van der Waals surface area contributed by atoms with Crippen LogP contribution < -0.4 is 0 Å². The van der Waals surface area contributed by atoms with Crippen molar-refractivity contribution in [2.45, 2.75) is 91.4 Å². The van der Waals surface area contributed by atoms with Crippen molar-refractivity contribution in [3.8, 4) is 0 Å². The molecule has 0 aromatic carbocycles. The maximum absolute atomic E-state index is 12.7. The Labute approximate surface area is 161 Å². The van der Waals surface area contributed by atoms with Gasteiger partial charge in [-0.2, -0.15) is 0 Å². The van der Waals surface area contributed by atoms with Gasteiger partial charge in [-0.1, -0.05) is 58.3 Å². The summed E-state index contributed by atoms with van der Waals surface area (Å²) in [6.45, 7) is 13.4. The standard InChI is InChI=1S/C21H40O4Si/c1-7-17-15-21(19(22)24-8-2,20(23)25-9-3)14-13-18(17)16-26(10-4,11-5)12-6/h17-18H,7-16H2,1-6H3. The first-order valence-corrected chi connectivity index (χ1v) is 13.6. The quantitative estimate of drug-likeness (QED) is 0.286. The minimum absolute atomic E-state index is 0.303. The molecule has 2 atom stereocenters. The van der Waals surface area contributed by atoms with Crippen LogP contribution >= 0.6 is 0 Å². The lowest BCUT2D eigenvalue weighted by Crippen LogP contribution is -2.48. The highest BCUT2D eigenvalue weighted by Crippen LogP contribution is 2.49. The van der Waals surface area contributed by atoms with Crippen molar-refractivity contribution in [1.29, 1.82) is 0 Å². The van der Waals surface area contributed by atoms with Gasteiger partial charge in [0.1, 0.15) is 0 Å². The third-order valence-corrected chi connectivity index (χ3v) is 12.9. The lowest BCUT2D eigenvalue weighted by molar-refractivity contribution is -0.177. The minimum Gasteiger partial charge on any atom is -0.465 e. The van der Waals surface area contributed by atoms with Crippen LogP contribution in [0.25, 0.3) is 0 Å². The number of carbonyl (C=O) groups excluding carboxylic acids is 2. The molecule has 5 heteroatoms. The molecule has 0 aromatic rings. The van der Waals surface area contributed by atoms with Crippen molar-refractivity contribution in [2.24, 2.45) is 17.3 Å². The molecule has 1 aliphatic rings. The second kappa shape index (κ2) is 10.5. The zero-order chi connectivity index (χ0) is 19.8. The molecule has 4 nitrogen and oxygen atoms in total. The van der Waals surface area contributed by atoms with Crippen LogP contribution in [0.4, 0.5) is 0 Å². The zero-order valence-corrected chi connectivity index (χ0v) is 18.9. The molecule has 1 rings (SSSR count). The molecule has 0 heterocycles. The van der Waals surface area contributed by atoms with E-state index in [2.05, 4.69) is 27.7 Å². The van der Waals surface area contributed by atoms with E-state index >= 15 is 0 Å². The summed E-state index contributed by atoms with van der Waals surface area (Å²) >= 11 is 0. The van der Waals surface area contributed by atoms with Gasteiger partial charge in [-0.3, -0.25) is 9.59 Å². The molecule has 1 fully saturated rings. The Hall–Kier alpha value is -0.843. The first-order valence-electron chi connectivity index (χ1n) is 10.7. The predicted molar refractivity (Wildman–Crippen MR) is 109 cm³/mol. The Morgan fingerprint density at radius 1 is 0.885 bits per heavy atom. The topological polar surface area (TPSA) is 52.6 Å². The summed E-state index contributed by atoms with van der Waals surface area (Å²) in [7, 11) is -1.23. The van der Waals surface area contributed by atoms with Crippen LogP contribution in [0.1, 0.15) is 67.2 Å². The molecule has 0 spiro atoms. The molecule has 0 saturated heterocycles. The van der Waals surface area contributed by atoms with Crippen molar-refractivity contribution in [3.63, 3.8) is 0 Å². The van der Waals surface area contributed by atoms with E-state index in [0.29, 0.717) is 37.9 Å². The first kappa shape index (κ1) is 23.2. The molecule has 0 radical (unpaired) electrons. The molecule has 1 saturated carbocycles. The maximum Gasteiger partial charge on any atom is 0.323 e. The van der Waals surface area contributed by atoms with E-state index in [1.807, 2.05) is 0 Å². The number of rotatable bonds is 10. The average molecular weight is 385 g/mol. The molecule has 2 unspecified atom stereocenters. The third-order valence-electron chi connectivity index (χ3n) is 7.02. The molecule has 152 valence electrons. The lowest BCUT2D eigenvalue weighted by atomic mass is 9.64. The van der Waals surface area contributed by atoms with Gasteiger partial charge >= 0.3 is 11.9 Å². The first-order chi connectivity index (χ1) is 12.4. The molecular weight excluding hydrogens is 344 g/mol. The highest BCUT2D eigenvalue weighted by Gasteiger charge is 2.54. The van der Waals surface area contributed by atoms with E-state index in [0.717, 1.165) is 12.8 Å². The van der Waals surface area contributed by atoms with Crippen molar-refractivity contribution >= 4 is 20.0 Å². The highest BCUT2D eigenvalue weighted by molar-refractivity contribution is 6.79. The van der Waals surface area contributed by atoms with Gasteiger partial charge in [0.15, 0.2) is 5.41 Å². The Kier molecular flexibility index (Phi) is 9.35. The highest BCUT2D eigenvalue weighted by atomic mass is 28.3. The number of hydrogen-bond acceptors (Lipinski definition) is 4. The Morgan fingerprint density at radius 3 is 1.77 bits per heavy atom. The third kappa shape index (κ3) is 4.90. The Bertz CT molecular complexity index is 433. The summed E-state index contributed by atoms with van der Waals surface area (Å²) in [5.74, 6) is 0.276. The molecule has 0 amide bonds. The van der Waals surface area contributed by atoms with Crippen LogP contribution in [0.3, 0.4) is 0 Å². The van der Waals surface area contributed by atoms with Crippen LogP contribution in [0.5, 0.6) is 0 Å². The summed E-state index contributed by atoms with van der Waals surface area (Å²) in [6.07, 6.45) is 3.11. The van der Waals surface area contributed by atoms with E-state index in [-0.39, 0.29) is 11.9 Å². The van der Waals surface area contributed by atoms with E-state index in [4.69, 9.17) is 9.47 Å². The summed E-state index contributed by atoms with van der Waals surface area (Å²) in [4.78, 5) is 25.5. The molecule has 0 aliphatic heterocycles. The van der Waals surface area contributed by atoms with Crippen LogP contribution in [-0.4, -0.2) is 33.2 Å². The van der Waals surface area contributed by atoms with E-state index in [1.165, 1.54) is 24.2 Å². The van der Waals surface area contributed by atoms with Crippen molar-refractivity contribution in [3.05, 3.63) is 0 Å². The fourth-order valence-corrected chi connectivity index (χ4v) is 8.88. The Balaban J connectivity index is 3.06. The second-order valence-corrected chi connectivity index (χ2v) is 13.5. The minimum atomic E-state index is -1.23. The van der Waals surface area contributed by atoms with Gasteiger partial charge in [-0.15, -0.1) is 0 Å². The molecule has 1 aliphatic carbocycles. The van der Waals surface area contributed by atoms with Crippen molar-refractivity contribution < 1.29 is 19.1 Å². The number of ether oxygens (including phenoxy) is 2. The average Bonchev–Trinajstić information content (AvgIpc) is 2.66. The summed E-state index contributed by atoms with van der Waals surface area (Å²) in [5, 5.41) is 0. The predicted octanol–water partition coefficient (Wildman–Crippen LogP) is 5.43. The van der Waals surface area contributed by atoms with Crippen molar-refractivity contribution in [2.75, 3.05) is 13.2 Å². The number of esters is 2.